The summed E-state index contributed by atoms with van der Waals surface area (Å²) in [4.78, 5) is 2.39. The predicted octanol–water partition coefficient (Wildman–Crippen LogP) is -2.11. The number of nitrogens with one attached hydrogen (secondary N) is 1. The van der Waals surface area contributed by atoms with E-state index in [-0.39, 0.29) is 37.2 Å². The van der Waals surface area contributed by atoms with Crippen molar-refractivity contribution in [1.29, 1.82) is 0 Å². The van der Waals surface area contributed by atoms with Gasteiger partial charge >= 0.3 is 0 Å². The third kappa shape index (κ3) is 9.00. The molecular weight excluding hydrogens is 466 g/mol. The Balaban J connectivity index is 0.00000240. The number of nitrogens with zero attached hydrogens (tertiary/aromatic N) is 1. The molecule has 31 heavy (non-hydrogen) atoms. The molecule has 0 unspecified atom stereocenters. The highest BCUT2D eigenvalue weighted by molar-refractivity contribution is 6.32. The highest BCUT2D eigenvalue weighted by Crippen LogP contribution is 2.37. The average Bonchev–Trinajstić information content (AvgIpc) is 2.73. The Morgan fingerprint density at radius 3 is 2.45 bits per heavy atom. The molecule has 1 fully saturated rings. The van der Waals surface area contributed by atoms with Gasteiger partial charge in [0.2, 0.25) is 0 Å². The van der Waals surface area contributed by atoms with E-state index in [1.54, 1.807) is 12.1 Å². The zero-order valence-electron chi connectivity index (χ0n) is 17.5. The minimum atomic E-state index is -0.271. The standard InChI is InChI=1S/C22H28ClFN2O3.2ClH/c1-2-28-21-14-18(15-25-7-8-26-9-11-27-12-10-26)13-20(23)22(21)29-16-17-3-5-19(24)6-4-17;;/h3-6,13-14,25H,2,7-12,15-16H2,1H3;2*1H/p-2. The van der Waals surface area contributed by atoms with Crippen LogP contribution < -0.4 is 39.6 Å². The number of halogens is 4. The lowest BCUT2D eigenvalue weighted by Gasteiger charge is -2.26. The number of morpholine rings is 1. The molecule has 174 valence electrons. The van der Waals surface area contributed by atoms with Crippen LogP contribution in [0.5, 0.6) is 11.5 Å². The fraction of sp³-hybridized carbons (Fsp3) is 0.455. The molecule has 0 radical (unpaired) electrons. The summed E-state index contributed by atoms with van der Waals surface area (Å²) in [5.41, 5.74) is 1.90. The number of hydrogen-bond donors (Lipinski definition) is 1. The first-order valence-corrected chi connectivity index (χ1v) is 10.4. The average molecular weight is 494 g/mol. The van der Waals surface area contributed by atoms with Crippen molar-refractivity contribution in [2.24, 2.45) is 0 Å². The van der Waals surface area contributed by atoms with Crippen molar-refractivity contribution < 1.29 is 43.4 Å². The quantitative estimate of drug-likeness (QED) is 0.384. The van der Waals surface area contributed by atoms with Crippen LogP contribution in [0.3, 0.4) is 0 Å². The molecule has 0 aromatic heterocycles. The Morgan fingerprint density at radius 2 is 1.77 bits per heavy atom. The molecule has 1 saturated heterocycles. The summed E-state index contributed by atoms with van der Waals surface area (Å²) in [5.74, 6) is 0.856. The van der Waals surface area contributed by atoms with E-state index in [4.69, 9.17) is 25.8 Å². The molecule has 0 saturated carbocycles. The van der Waals surface area contributed by atoms with Crippen LogP contribution >= 0.6 is 11.6 Å². The Bertz CT molecular complexity index is 775. The smallest absolute Gasteiger partial charge is 0.180 e. The van der Waals surface area contributed by atoms with Crippen LogP contribution in [0.1, 0.15) is 18.1 Å². The summed E-state index contributed by atoms with van der Waals surface area (Å²) >= 11 is 6.48. The van der Waals surface area contributed by atoms with E-state index >= 15 is 0 Å². The molecule has 0 spiro atoms. The Morgan fingerprint density at radius 1 is 1.06 bits per heavy atom. The van der Waals surface area contributed by atoms with Crippen LogP contribution in [-0.2, 0) is 17.9 Å². The van der Waals surface area contributed by atoms with Gasteiger partial charge < -0.3 is 44.3 Å². The van der Waals surface area contributed by atoms with E-state index in [1.807, 2.05) is 19.1 Å². The van der Waals surface area contributed by atoms with Crippen LogP contribution in [0.15, 0.2) is 36.4 Å². The Labute approximate surface area is 201 Å². The topological polar surface area (TPSA) is 43.0 Å². The minimum absolute atomic E-state index is 0. The summed E-state index contributed by atoms with van der Waals surface area (Å²) in [5, 5.41) is 3.96. The van der Waals surface area contributed by atoms with Gasteiger partial charge in [-0.1, -0.05) is 23.7 Å². The lowest BCUT2D eigenvalue weighted by molar-refractivity contribution is -0.00100. The number of rotatable bonds is 10. The molecule has 0 bridgehead atoms. The zero-order chi connectivity index (χ0) is 20.5. The van der Waals surface area contributed by atoms with Crippen LogP contribution in [0, 0.1) is 5.82 Å². The second-order valence-electron chi connectivity index (χ2n) is 6.88. The molecule has 9 heteroatoms. The maximum Gasteiger partial charge on any atom is 0.180 e. The van der Waals surface area contributed by atoms with Crippen molar-refractivity contribution in [2.75, 3.05) is 46.0 Å². The van der Waals surface area contributed by atoms with E-state index in [9.17, 15) is 4.39 Å². The molecular formula is C22H28Cl3FN2O3-2. The van der Waals surface area contributed by atoms with E-state index in [0.29, 0.717) is 29.7 Å². The monoisotopic (exact) mass is 492 g/mol. The summed E-state index contributed by atoms with van der Waals surface area (Å²) < 4.78 is 30.1. The molecule has 0 amide bonds. The van der Waals surface area contributed by atoms with Crippen molar-refractivity contribution in [3.63, 3.8) is 0 Å². The van der Waals surface area contributed by atoms with Gasteiger partial charge in [0, 0.05) is 32.7 Å². The molecule has 1 aliphatic rings. The van der Waals surface area contributed by atoms with Gasteiger partial charge in [0.15, 0.2) is 11.5 Å². The summed E-state index contributed by atoms with van der Waals surface area (Å²) in [7, 11) is 0. The molecule has 5 nitrogen and oxygen atoms in total. The first-order valence-electron chi connectivity index (χ1n) is 9.99. The van der Waals surface area contributed by atoms with Gasteiger partial charge in [0.05, 0.1) is 24.8 Å². The SMILES string of the molecule is CCOc1cc(CNCCN2CCOCC2)cc(Cl)c1OCc1ccc(F)cc1.[Cl-].[Cl-]. The van der Waals surface area contributed by atoms with E-state index < -0.39 is 0 Å². The molecule has 2 aromatic carbocycles. The van der Waals surface area contributed by atoms with Crippen LogP contribution in [-0.4, -0.2) is 50.9 Å². The number of benzene rings is 2. The highest BCUT2D eigenvalue weighted by atomic mass is 35.5. The molecule has 1 N–H and O–H groups in total. The van der Waals surface area contributed by atoms with Gasteiger partial charge in [-0.25, -0.2) is 4.39 Å². The zero-order valence-corrected chi connectivity index (χ0v) is 19.8. The van der Waals surface area contributed by atoms with Gasteiger partial charge in [-0.05, 0) is 42.3 Å². The normalized spacial score (nSPS) is 13.8. The number of hydrogen-bond acceptors (Lipinski definition) is 5. The second kappa shape index (κ2) is 14.7. The van der Waals surface area contributed by atoms with Crippen molar-refractivity contribution in [1.82, 2.24) is 10.2 Å². The predicted molar refractivity (Wildman–Crippen MR) is 112 cm³/mol. The molecule has 0 atom stereocenters. The largest absolute Gasteiger partial charge is 1.00 e. The van der Waals surface area contributed by atoms with Crippen molar-refractivity contribution in [2.45, 2.75) is 20.1 Å². The fourth-order valence-electron chi connectivity index (χ4n) is 3.16. The molecule has 3 rings (SSSR count). The highest BCUT2D eigenvalue weighted by Gasteiger charge is 2.14. The van der Waals surface area contributed by atoms with E-state index in [2.05, 4.69) is 10.2 Å². The van der Waals surface area contributed by atoms with Crippen LogP contribution in [0.2, 0.25) is 5.02 Å². The van der Waals surface area contributed by atoms with Gasteiger partial charge in [-0.15, -0.1) is 0 Å². The van der Waals surface area contributed by atoms with Gasteiger partial charge in [-0.3, -0.25) is 4.90 Å². The van der Waals surface area contributed by atoms with Crippen molar-refractivity contribution >= 4 is 11.6 Å². The third-order valence-corrected chi connectivity index (χ3v) is 4.98. The van der Waals surface area contributed by atoms with E-state index in [1.165, 1.54) is 12.1 Å². The number of ether oxygens (including phenoxy) is 3. The lowest BCUT2D eigenvalue weighted by atomic mass is 10.2. The summed E-state index contributed by atoms with van der Waals surface area (Å²) in [6, 6.07) is 10.1. The molecule has 0 aliphatic carbocycles. The van der Waals surface area contributed by atoms with Gasteiger partial charge in [0.1, 0.15) is 12.4 Å². The second-order valence-corrected chi connectivity index (χ2v) is 7.29. The first-order chi connectivity index (χ1) is 14.2. The minimum Gasteiger partial charge on any atom is -1.00 e. The maximum absolute atomic E-state index is 13.1. The van der Waals surface area contributed by atoms with Crippen LogP contribution in [0.4, 0.5) is 4.39 Å². The third-order valence-electron chi connectivity index (χ3n) is 4.70. The van der Waals surface area contributed by atoms with Crippen LogP contribution in [0.25, 0.3) is 0 Å². The van der Waals surface area contributed by atoms with Gasteiger partial charge in [0.25, 0.3) is 0 Å². The molecule has 1 heterocycles. The van der Waals surface area contributed by atoms with E-state index in [0.717, 1.165) is 50.5 Å². The Kier molecular flexibility index (Phi) is 13.2. The van der Waals surface area contributed by atoms with Crippen molar-refractivity contribution in [3.05, 3.63) is 58.4 Å². The summed E-state index contributed by atoms with van der Waals surface area (Å²) in [6.07, 6.45) is 0. The molecule has 2 aromatic rings. The molecule has 1 aliphatic heterocycles. The first kappa shape index (κ1) is 27.8. The fourth-order valence-corrected chi connectivity index (χ4v) is 3.45. The van der Waals surface area contributed by atoms with Gasteiger partial charge in [-0.2, -0.15) is 0 Å². The Hall–Kier alpha value is -1.28. The maximum atomic E-state index is 13.1. The lowest BCUT2D eigenvalue weighted by Crippen LogP contribution is -3.00. The summed E-state index contributed by atoms with van der Waals surface area (Å²) in [6.45, 7) is 8.91. The van der Waals surface area contributed by atoms with Crippen molar-refractivity contribution in [3.8, 4) is 11.5 Å².